The summed E-state index contributed by atoms with van der Waals surface area (Å²) in [6.45, 7) is 0. The molecule has 0 aliphatic heterocycles. The van der Waals surface area contributed by atoms with Crippen LogP contribution in [0.25, 0.3) is 0 Å². The molecule has 0 fully saturated rings. The van der Waals surface area contributed by atoms with Crippen LogP contribution in [0.2, 0.25) is 0 Å². The third kappa shape index (κ3) is 2.77. The number of benzene rings is 1. The molecular formula is C9H7N3O2S2. The van der Waals surface area contributed by atoms with Gasteiger partial charge in [-0.25, -0.2) is 0 Å². The van der Waals surface area contributed by atoms with Gasteiger partial charge in [0.15, 0.2) is 4.34 Å². The molecule has 0 aliphatic rings. The Hall–Kier alpha value is -1.47. The second-order valence-corrected chi connectivity index (χ2v) is 4.97. The SMILES string of the molecule is O=[N+]([O-])c1ccc(CSc2nncs2)cc1. The van der Waals surface area contributed by atoms with Crippen molar-refractivity contribution < 1.29 is 4.92 Å². The van der Waals surface area contributed by atoms with Crippen LogP contribution in [0.3, 0.4) is 0 Å². The Morgan fingerprint density at radius 2 is 2.12 bits per heavy atom. The molecule has 0 saturated carbocycles. The zero-order valence-corrected chi connectivity index (χ0v) is 9.70. The Bertz CT molecular complexity index is 470. The summed E-state index contributed by atoms with van der Waals surface area (Å²) in [5, 5.41) is 18.1. The molecule has 1 aromatic heterocycles. The second-order valence-electron chi connectivity index (χ2n) is 2.92. The van der Waals surface area contributed by atoms with Gasteiger partial charge in [0.05, 0.1) is 4.92 Å². The number of thioether (sulfide) groups is 1. The van der Waals surface area contributed by atoms with E-state index in [0.717, 1.165) is 15.7 Å². The highest BCUT2D eigenvalue weighted by molar-refractivity contribution is 8.00. The third-order valence-electron chi connectivity index (χ3n) is 1.85. The van der Waals surface area contributed by atoms with Crippen molar-refractivity contribution in [3.63, 3.8) is 0 Å². The Labute approximate surface area is 99.7 Å². The molecule has 16 heavy (non-hydrogen) atoms. The molecular weight excluding hydrogens is 246 g/mol. The zero-order chi connectivity index (χ0) is 11.4. The zero-order valence-electron chi connectivity index (χ0n) is 8.07. The molecule has 0 saturated heterocycles. The topological polar surface area (TPSA) is 68.9 Å². The van der Waals surface area contributed by atoms with E-state index in [9.17, 15) is 10.1 Å². The van der Waals surface area contributed by atoms with Gasteiger partial charge in [0.25, 0.3) is 5.69 Å². The summed E-state index contributed by atoms with van der Waals surface area (Å²) in [5.41, 5.74) is 2.83. The average Bonchev–Trinajstić information content (AvgIpc) is 2.80. The lowest BCUT2D eigenvalue weighted by atomic mass is 10.2. The average molecular weight is 253 g/mol. The number of rotatable bonds is 4. The standard InChI is InChI=1S/C9H7N3O2S2/c13-12(14)8-3-1-7(2-4-8)5-15-9-11-10-6-16-9/h1-4,6H,5H2. The first kappa shape index (κ1) is 11.0. The van der Waals surface area contributed by atoms with Crippen molar-refractivity contribution in [2.45, 2.75) is 10.1 Å². The minimum atomic E-state index is -0.401. The molecule has 0 radical (unpaired) electrons. The quantitative estimate of drug-likeness (QED) is 0.476. The lowest BCUT2D eigenvalue weighted by Gasteiger charge is -1.97. The fraction of sp³-hybridized carbons (Fsp3) is 0.111. The number of aromatic nitrogens is 2. The smallest absolute Gasteiger partial charge is 0.258 e. The van der Waals surface area contributed by atoms with Crippen LogP contribution in [0.4, 0.5) is 5.69 Å². The minimum Gasteiger partial charge on any atom is -0.258 e. The van der Waals surface area contributed by atoms with Crippen molar-refractivity contribution in [1.82, 2.24) is 10.2 Å². The second kappa shape index (κ2) is 5.04. The van der Waals surface area contributed by atoms with E-state index in [1.165, 1.54) is 23.5 Å². The number of non-ortho nitro benzene ring substituents is 1. The molecule has 5 nitrogen and oxygen atoms in total. The molecule has 0 aliphatic carbocycles. The third-order valence-corrected chi connectivity index (χ3v) is 3.78. The maximum absolute atomic E-state index is 10.4. The molecule has 0 N–H and O–H groups in total. The minimum absolute atomic E-state index is 0.115. The summed E-state index contributed by atoms with van der Waals surface area (Å²) >= 11 is 3.05. The van der Waals surface area contributed by atoms with E-state index in [4.69, 9.17) is 0 Å². The van der Waals surface area contributed by atoms with Gasteiger partial charge in [0.1, 0.15) is 5.51 Å². The van der Waals surface area contributed by atoms with E-state index in [2.05, 4.69) is 10.2 Å². The maximum Gasteiger partial charge on any atom is 0.269 e. The molecule has 7 heteroatoms. The van der Waals surface area contributed by atoms with Crippen molar-refractivity contribution in [1.29, 1.82) is 0 Å². The first-order valence-corrected chi connectivity index (χ1v) is 6.24. The summed E-state index contributed by atoms with van der Waals surface area (Å²) < 4.78 is 0.901. The van der Waals surface area contributed by atoms with Crippen molar-refractivity contribution in [3.8, 4) is 0 Å². The molecule has 0 spiro atoms. The lowest BCUT2D eigenvalue weighted by Crippen LogP contribution is -1.88. The van der Waals surface area contributed by atoms with E-state index in [-0.39, 0.29) is 5.69 Å². The number of hydrogen-bond donors (Lipinski definition) is 0. The highest BCUT2D eigenvalue weighted by Gasteiger charge is 2.04. The van der Waals surface area contributed by atoms with E-state index < -0.39 is 4.92 Å². The highest BCUT2D eigenvalue weighted by Crippen LogP contribution is 2.24. The van der Waals surface area contributed by atoms with Crippen LogP contribution in [-0.2, 0) is 5.75 Å². The highest BCUT2D eigenvalue weighted by atomic mass is 32.2. The van der Waals surface area contributed by atoms with E-state index in [1.54, 1.807) is 29.4 Å². The van der Waals surface area contributed by atoms with Crippen molar-refractivity contribution >= 4 is 28.8 Å². The van der Waals surface area contributed by atoms with E-state index in [0.29, 0.717) is 0 Å². The summed E-state index contributed by atoms with van der Waals surface area (Å²) in [6.07, 6.45) is 0. The summed E-state index contributed by atoms with van der Waals surface area (Å²) in [7, 11) is 0. The maximum atomic E-state index is 10.4. The van der Waals surface area contributed by atoms with Gasteiger partial charge in [0.2, 0.25) is 0 Å². The first-order valence-electron chi connectivity index (χ1n) is 4.38. The predicted octanol–water partition coefficient (Wildman–Crippen LogP) is 2.74. The van der Waals surface area contributed by atoms with Gasteiger partial charge >= 0.3 is 0 Å². The molecule has 1 heterocycles. The fourth-order valence-corrected chi connectivity index (χ4v) is 2.53. The molecule has 82 valence electrons. The van der Waals surface area contributed by atoms with Crippen LogP contribution >= 0.6 is 23.1 Å². The largest absolute Gasteiger partial charge is 0.269 e. The Kier molecular flexibility index (Phi) is 3.47. The number of nitro groups is 1. The van der Waals surface area contributed by atoms with Gasteiger partial charge in [-0.2, -0.15) is 0 Å². The van der Waals surface area contributed by atoms with Crippen LogP contribution in [0, 0.1) is 10.1 Å². The van der Waals surface area contributed by atoms with Crippen LogP contribution in [-0.4, -0.2) is 15.1 Å². The normalized spacial score (nSPS) is 10.2. The molecule has 0 bridgehead atoms. The van der Waals surface area contributed by atoms with Gasteiger partial charge in [-0.3, -0.25) is 10.1 Å². The van der Waals surface area contributed by atoms with Gasteiger partial charge in [-0.15, -0.1) is 10.2 Å². The van der Waals surface area contributed by atoms with Gasteiger partial charge < -0.3 is 0 Å². The van der Waals surface area contributed by atoms with Crippen molar-refractivity contribution in [2.75, 3.05) is 0 Å². The van der Waals surface area contributed by atoms with E-state index in [1.807, 2.05) is 0 Å². The van der Waals surface area contributed by atoms with Crippen LogP contribution in [0.15, 0.2) is 34.1 Å². The van der Waals surface area contributed by atoms with Crippen molar-refractivity contribution in [3.05, 3.63) is 45.5 Å². The predicted molar refractivity (Wildman–Crippen MR) is 62.6 cm³/mol. The number of hydrogen-bond acceptors (Lipinski definition) is 6. The molecule has 1 aromatic carbocycles. The van der Waals surface area contributed by atoms with Crippen LogP contribution in [0.1, 0.15) is 5.56 Å². The number of nitrogens with zero attached hydrogens (tertiary/aromatic N) is 3. The van der Waals surface area contributed by atoms with Crippen LogP contribution < -0.4 is 0 Å². The molecule has 0 unspecified atom stereocenters. The van der Waals surface area contributed by atoms with Gasteiger partial charge in [-0.05, 0) is 5.56 Å². The molecule has 0 amide bonds. The molecule has 0 atom stereocenters. The number of nitro benzene ring substituents is 1. The monoisotopic (exact) mass is 253 g/mol. The Morgan fingerprint density at radius 3 is 2.69 bits per heavy atom. The lowest BCUT2D eigenvalue weighted by molar-refractivity contribution is -0.384. The van der Waals surface area contributed by atoms with Gasteiger partial charge in [-0.1, -0.05) is 35.2 Å². The van der Waals surface area contributed by atoms with E-state index >= 15 is 0 Å². The molecule has 2 rings (SSSR count). The Morgan fingerprint density at radius 1 is 1.38 bits per heavy atom. The van der Waals surface area contributed by atoms with Crippen LogP contribution in [0.5, 0.6) is 0 Å². The summed E-state index contributed by atoms with van der Waals surface area (Å²) in [6, 6.07) is 6.53. The van der Waals surface area contributed by atoms with Gasteiger partial charge in [0, 0.05) is 17.9 Å². The summed E-state index contributed by atoms with van der Waals surface area (Å²) in [5.74, 6) is 0.743. The first-order chi connectivity index (χ1) is 7.75. The summed E-state index contributed by atoms with van der Waals surface area (Å²) in [4.78, 5) is 10.0. The fourth-order valence-electron chi connectivity index (χ4n) is 1.08. The Balaban J connectivity index is 1.98. The van der Waals surface area contributed by atoms with Crippen molar-refractivity contribution in [2.24, 2.45) is 0 Å². The molecule has 2 aromatic rings.